The van der Waals surface area contributed by atoms with E-state index in [2.05, 4.69) is 29.6 Å². The molecule has 0 bridgehead atoms. The molecule has 168 valence electrons. The smallest absolute Gasteiger partial charge is 0.483 e. The highest BCUT2D eigenvalue weighted by Gasteiger charge is 2.39. The highest BCUT2D eigenvalue weighted by Crippen LogP contribution is 2.45. The highest BCUT2D eigenvalue weighted by atomic mass is 32.2. The van der Waals surface area contributed by atoms with Crippen molar-refractivity contribution in [2.75, 3.05) is 18.0 Å². The Labute approximate surface area is 182 Å². The number of imidazole rings is 1. The van der Waals surface area contributed by atoms with Gasteiger partial charge in [0, 0.05) is 18.8 Å². The fourth-order valence-electron chi connectivity index (χ4n) is 3.21. The molecule has 1 aliphatic heterocycles. The minimum atomic E-state index is -5.82. The maximum absolute atomic E-state index is 12.9. The van der Waals surface area contributed by atoms with Gasteiger partial charge in [-0.1, -0.05) is 35.0 Å². The average Bonchev–Trinajstić information content (AvgIpc) is 3.30. The molecule has 1 aliphatic rings. The van der Waals surface area contributed by atoms with Gasteiger partial charge in [0.2, 0.25) is 0 Å². The summed E-state index contributed by atoms with van der Waals surface area (Å²) in [5.74, 6) is -0.341. The first-order chi connectivity index (χ1) is 15.1. The van der Waals surface area contributed by atoms with E-state index in [1.54, 1.807) is 6.92 Å². The summed E-state index contributed by atoms with van der Waals surface area (Å²) < 4.78 is 66.4. The van der Waals surface area contributed by atoms with Gasteiger partial charge in [-0.15, -0.1) is 5.11 Å². The number of hydrogen-bond donors (Lipinski definition) is 0. The molecule has 3 rings (SSSR count). The molecule has 0 saturated carbocycles. The van der Waals surface area contributed by atoms with Crippen molar-refractivity contribution in [3.05, 3.63) is 45.3 Å². The van der Waals surface area contributed by atoms with Crippen LogP contribution in [0.3, 0.4) is 0 Å². The van der Waals surface area contributed by atoms with Crippen molar-refractivity contribution in [1.82, 2.24) is 9.55 Å². The summed E-state index contributed by atoms with van der Waals surface area (Å²) in [5.41, 5.74) is -4.96. The van der Waals surface area contributed by atoms with E-state index in [1.807, 2.05) is 11.8 Å². The van der Waals surface area contributed by atoms with Gasteiger partial charge >= 0.3 is 11.5 Å². The molecule has 2 heterocycles. The van der Waals surface area contributed by atoms with E-state index in [9.17, 15) is 21.6 Å². The number of sulfonamides is 1. The van der Waals surface area contributed by atoms with Crippen LogP contribution >= 0.6 is 0 Å². The summed E-state index contributed by atoms with van der Waals surface area (Å²) in [7, 11) is -5.82. The molecular weight excluding hydrogens is 449 g/mol. The average molecular weight is 465 g/mol. The van der Waals surface area contributed by atoms with Gasteiger partial charge in [-0.2, -0.15) is 13.2 Å². The molecule has 0 radical (unpaired) electrons. The minimum Gasteiger partial charge on any atom is -0.568 e. The molecular formula is C18H16F3N8O2S-. The molecule has 1 aromatic carbocycles. The van der Waals surface area contributed by atoms with Gasteiger partial charge in [0.15, 0.2) is 10.0 Å². The Bertz CT molecular complexity index is 1270. The molecule has 10 nitrogen and oxygen atoms in total. The van der Waals surface area contributed by atoms with Crippen molar-refractivity contribution in [3.63, 3.8) is 0 Å². The maximum atomic E-state index is 12.9. The van der Waals surface area contributed by atoms with Crippen LogP contribution in [0.5, 0.6) is 0 Å². The van der Waals surface area contributed by atoms with Gasteiger partial charge in [-0.3, -0.25) is 0 Å². The molecule has 32 heavy (non-hydrogen) atoms. The topological polar surface area (TPSA) is 103 Å². The first-order valence-electron chi connectivity index (χ1n) is 9.29. The standard InChI is InChI=1S/C18H16F3N8O2S/c1-5-28-8-7-11-9-12(13(10-14(11)28)27-32(30,31)18(19,20)21)25-26-17-24-15(22-3)16(23-4)29(17)6-2/h9-10H,5-8H2,1-2H3/q-1. The molecule has 0 spiro atoms. The molecule has 14 heteroatoms. The Hall–Kier alpha value is -3.65. The van der Waals surface area contributed by atoms with Crippen molar-refractivity contribution < 1.29 is 21.6 Å². The number of alkyl halides is 3. The largest absolute Gasteiger partial charge is 0.568 e. The van der Waals surface area contributed by atoms with Gasteiger partial charge in [0.05, 0.1) is 12.2 Å². The van der Waals surface area contributed by atoms with Crippen LogP contribution in [-0.4, -0.2) is 36.6 Å². The number of likely N-dealkylation sites (N-methyl/N-ethyl adjacent to an activating group) is 1. The molecule has 0 amide bonds. The summed E-state index contributed by atoms with van der Waals surface area (Å²) in [6, 6.07) is 2.68. The Morgan fingerprint density at radius 3 is 2.47 bits per heavy atom. The highest BCUT2D eigenvalue weighted by molar-refractivity contribution is 7.95. The Morgan fingerprint density at radius 1 is 1.19 bits per heavy atom. The van der Waals surface area contributed by atoms with Gasteiger partial charge in [-0.25, -0.2) is 13.0 Å². The van der Waals surface area contributed by atoms with Crippen molar-refractivity contribution in [3.8, 4) is 0 Å². The third-order valence-corrected chi connectivity index (χ3v) is 5.76. The minimum absolute atomic E-state index is 0.0476. The quantitative estimate of drug-likeness (QED) is 0.406. The van der Waals surface area contributed by atoms with Crippen molar-refractivity contribution in [2.24, 2.45) is 10.2 Å². The van der Waals surface area contributed by atoms with Crippen molar-refractivity contribution in [1.29, 1.82) is 0 Å². The fourth-order valence-corrected chi connectivity index (χ4v) is 3.72. The number of fused-ring (bicyclic) bond motifs is 1. The lowest BCUT2D eigenvalue weighted by Gasteiger charge is -2.26. The van der Waals surface area contributed by atoms with Gasteiger partial charge < -0.3 is 19.3 Å². The fraction of sp³-hybridized carbons (Fsp3) is 0.389. The second-order valence-electron chi connectivity index (χ2n) is 6.54. The number of rotatable bonds is 6. The predicted molar refractivity (Wildman–Crippen MR) is 111 cm³/mol. The molecule has 0 saturated heterocycles. The maximum Gasteiger partial charge on any atom is 0.483 e. The lowest BCUT2D eigenvalue weighted by molar-refractivity contribution is -0.0425. The zero-order chi connectivity index (χ0) is 23.7. The number of azo groups is 1. The third kappa shape index (κ3) is 4.09. The van der Waals surface area contributed by atoms with Crippen LogP contribution in [0.25, 0.3) is 14.4 Å². The number of benzene rings is 1. The van der Waals surface area contributed by atoms with E-state index in [1.165, 1.54) is 16.7 Å². The second-order valence-corrected chi connectivity index (χ2v) is 8.13. The van der Waals surface area contributed by atoms with E-state index in [4.69, 9.17) is 13.1 Å². The normalized spacial score (nSPS) is 13.8. The third-order valence-electron chi connectivity index (χ3n) is 4.74. The lowest BCUT2D eigenvalue weighted by Crippen LogP contribution is -2.21. The number of hydrogen-bond acceptors (Lipinski definition) is 6. The molecule has 2 aromatic rings. The predicted octanol–water partition coefficient (Wildman–Crippen LogP) is 5.66. The summed E-state index contributed by atoms with van der Waals surface area (Å²) in [6.07, 6.45) is 0.589. The molecule has 0 aliphatic carbocycles. The van der Waals surface area contributed by atoms with E-state index in [-0.39, 0.29) is 29.8 Å². The van der Waals surface area contributed by atoms with Crippen LogP contribution in [0.1, 0.15) is 19.4 Å². The van der Waals surface area contributed by atoms with Crippen LogP contribution in [0.2, 0.25) is 0 Å². The second kappa shape index (κ2) is 8.47. The Balaban J connectivity index is 2.12. The molecule has 0 unspecified atom stereocenters. The zero-order valence-electron chi connectivity index (χ0n) is 16.9. The first kappa shape index (κ1) is 23.0. The summed E-state index contributed by atoms with van der Waals surface area (Å²) >= 11 is 0. The Kier molecular flexibility index (Phi) is 6.09. The lowest BCUT2D eigenvalue weighted by atomic mass is 10.1. The summed E-state index contributed by atoms with van der Waals surface area (Å²) in [6.45, 7) is 19.3. The Morgan fingerprint density at radius 2 is 1.91 bits per heavy atom. The molecule has 0 fully saturated rings. The molecule has 0 N–H and O–H groups in total. The SMILES string of the molecule is [C-]#[N+]c1nc(N=Nc2cc3c(cc2[N-]S(=O)(=O)C(F)(F)F)N(CC)CC3)n(CC)c1[N+]#[C-]. The van der Waals surface area contributed by atoms with E-state index in [0.29, 0.717) is 25.2 Å². The van der Waals surface area contributed by atoms with Crippen LogP contribution in [-0.2, 0) is 23.0 Å². The molecule has 1 aromatic heterocycles. The zero-order valence-corrected chi connectivity index (χ0v) is 17.7. The van der Waals surface area contributed by atoms with Crippen LogP contribution in [0.4, 0.5) is 47.8 Å². The number of aromatic nitrogens is 2. The summed E-state index contributed by atoms with van der Waals surface area (Å²) in [4.78, 5) is 12.2. The number of halogens is 3. The number of anilines is 1. The van der Waals surface area contributed by atoms with E-state index >= 15 is 0 Å². The van der Waals surface area contributed by atoms with Crippen LogP contribution in [0.15, 0.2) is 22.4 Å². The monoisotopic (exact) mass is 465 g/mol. The van der Waals surface area contributed by atoms with Gasteiger partial charge in [0.25, 0.3) is 11.6 Å². The summed E-state index contributed by atoms with van der Waals surface area (Å²) in [5, 5.41) is 7.78. The molecule has 0 atom stereocenters. The van der Waals surface area contributed by atoms with Gasteiger partial charge in [0.1, 0.15) is 0 Å². The van der Waals surface area contributed by atoms with E-state index < -0.39 is 21.2 Å². The van der Waals surface area contributed by atoms with Crippen LogP contribution in [0, 0.1) is 13.1 Å². The van der Waals surface area contributed by atoms with Gasteiger partial charge in [-0.05, 0) is 31.9 Å². The van der Waals surface area contributed by atoms with Crippen molar-refractivity contribution in [2.45, 2.75) is 32.3 Å². The number of nitrogens with zero attached hydrogens (tertiary/aromatic N) is 8. The van der Waals surface area contributed by atoms with E-state index in [0.717, 1.165) is 5.56 Å². The van der Waals surface area contributed by atoms with Crippen molar-refractivity contribution >= 4 is 44.7 Å². The van der Waals surface area contributed by atoms with Crippen LogP contribution < -0.4 is 4.90 Å². The first-order valence-corrected chi connectivity index (χ1v) is 10.7.